The van der Waals surface area contributed by atoms with Gasteiger partial charge in [0, 0.05) is 16.7 Å². The van der Waals surface area contributed by atoms with Crippen molar-refractivity contribution in [2.45, 2.75) is 52.3 Å². The summed E-state index contributed by atoms with van der Waals surface area (Å²) in [4.78, 5) is 6.38. The quantitative estimate of drug-likeness (QED) is 0.884. The number of hydrogen-bond donors (Lipinski definition) is 1. The van der Waals surface area contributed by atoms with Crippen LogP contribution in [-0.4, -0.2) is 17.3 Å². The van der Waals surface area contributed by atoms with Crippen molar-refractivity contribution in [3.05, 3.63) is 15.6 Å². The number of nitrogens with zero attached hydrogens (tertiary/aromatic N) is 1. The maximum Gasteiger partial charge on any atom is 0.103 e. The monoisotopic (exact) mass is 284 g/mol. The average molecular weight is 284 g/mol. The minimum atomic E-state index is 0.378. The topological polar surface area (TPSA) is 24.9 Å². The first-order valence-electron chi connectivity index (χ1n) is 6.85. The molecular weight excluding hydrogens is 260 g/mol. The number of rotatable bonds is 5. The molecule has 1 aromatic heterocycles. The van der Waals surface area contributed by atoms with E-state index in [1.165, 1.54) is 27.8 Å². The second-order valence-electron chi connectivity index (χ2n) is 5.71. The number of nitrogens with one attached hydrogen (secondary N) is 1. The van der Waals surface area contributed by atoms with Crippen molar-refractivity contribution in [1.82, 2.24) is 10.3 Å². The van der Waals surface area contributed by atoms with Gasteiger partial charge < -0.3 is 5.32 Å². The van der Waals surface area contributed by atoms with Crippen LogP contribution in [0.2, 0.25) is 0 Å². The van der Waals surface area contributed by atoms with Gasteiger partial charge in [0.1, 0.15) is 5.01 Å². The summed E-state index contributed by atoms with van der Waals surface area (Å²) in [5.74, 6) is 2.25. The zero-order valence-electron chi connectivity index (χ0n) is 11.9. The Hall–Kier alpha value is -0.0600. The molecule has 0 amide bonds. The highest BCUT2D eigenvalue weighted by Gasteiger charge is 2.34. The Balaban J connectivity index is 2.21. The molecule has 0 aliphatic heterocycles. The first kappa shape index (κ1) is 14.4. The molecule has 0 saturated heterocycles. The lowest BCUT2D eigenvalue weighted by atomic mass is 9.76. The van der Waals surface area contributed by atoms with Crippen molar-refractivity contribution in [1.29, 1.82) is 0 Å². The lowest BCUT2D eigenvalue weighted by Gasteiger charge is -2.34. The van der Waals surface area contributed by atoms with Crippen LogP contribution < -0.4 is 5.32 Å². The molecule has 1 heterocycles. The van der Waals surface area contributed by atoms with Gasteiger partial charge in [0.05, 0.1) is 5.69 Å². The normalized spacial score (nSPS) is 21.9. The van der Waals surface area contributed by atoms with Crippen LogP contribution in [0.1, 0.15) is 55.7 Å². The molecule has 1 unspecified atom stereocenters. The third-order valence-corrected chi connectivity index (χ3v) is 5.65. The van der Waals surface area contributed by atoms with Gasteiger partial charge in [0.2, 0.25) is 0 Å². The number of hydrogen-bond acceptors (Lipinski definition) is 4. The zero-order chi connectivity index (χ0) is 13.2. The van der Waals surface area contributed by atoms with Crippen molar-refractivity contribution in [2.24, 2.45) is 5.41 Å². The van der Waals surface area contributed by atoms with E-state index in [0.29, 0.717) is 11.5 Å². The van der Waals surface area contributed by atoms with Gasteiger partial charge >= 0.3 is 0 Å². The molecule has 0 bridgehead atoms. The minimum absolute atomic E-state index is 0.378. The van der Waals surface area contributed by atoms with Crippen LogP contribution in [0, 0.1) is 5.41 Å². The van der Waals surface area contributed by atoms with E-state index in [0.717, 1.165) is 18.7 Å². The van der Waals surface area contributed by atoms with Crippen LogP contribution in [0.3, 0.4) is 0 Å². The Kier molecular flexibility index (Phi) is 4.73. The number of fused-ring (bicyclic) bond motifs is 1. The van der Waals surface area contributed by atoms with Crippen molar-refractivity contribution < 1.29 is 0 Å². The zero-order valence-corrected chi connectivity index (χ0v) is 13.5. The molecule has 0 saturated carbocycles. The van der Waals surface area contributed by atoms with E-state index in [-0.39, 0.29) is 0 Å². The fourth-order valence-corrected chi connectivity index (χ4v) is 4.53. The van der Waals surface area contributed by atoms with Crippen LogP contribution in [-0.2, 0) is 12.2 Å². The maximum atomic E-state index is 4.87. The summed E-state index contributed by atoms with van der Waals surface area (Å²) >= 11 is 3.90. The third-order valence-electron chi connectivity index (χ3n) is 3.37. The molecule has 102 valence electrons. The van der Waals surface area contributed by atoms with Gasteiger partial charge in [-0.15, -0.1) is 11.3 Å². The highest BCUT2D eigenvalue weighted by molar-refractivity contribution is 7.98. The summed E-state index contributed by atoms with van der Waals surface area (Å²) in [5.41, 5.74) is 1.73. The Morgan fingerprint density at radius 2 is 2.22 bits per heavy atom. The number of thiazole rings is 1. The molecule has 0 radical (unpaired) electrons. The van der Waals surface area contributed by atoms with Gasteiger partial charge in [-0.2, -0.15) is 11.8 Å². The SMILES string of the molecule is CCNC1CC(C)(C)Cc2nc(CSCC)sc21. The van der Waals surface area contributed by atoms with Gasteiger partial charge in [-0.05, 0) is 30.6 Å². The predicted octanol–water partition coefficient (Wildman–Crippen LogP) is 4.02. The Morgan fingerprint density at radius 3 is 2.89 bits per heavy atom. The summed E-state index contributed by atoms with van der Waals surface area (Å²) < 4.78 is 0. The molecule has 0 aromatic carbocycles. The summed E-state index contributed by atoms with van der Waals surface area (Å²) in [6.45, 7) is 10.2. The van der Waals surface area contributed by atoms with Crippen molar-refractivity contribution >= 4 is 23.1 Å². The minimum Gasteiger partial charge on any atom is -0.309 e. The molecule has 18 heavy (non-hydrogen) atoms. The highest BCUT2D eigenvalue weighted by Crippen LogP contribution is 2.43. The van der Waals surface area contributed by atoms with E-state index in [2.05, 4.69) is 33.0 Å². The number of thioether (sulfide) groups is 1. The Morgan fingerprint density at radius 1 is 1.44 bits per heavy atom. The van der Waals surface area contributed by atoms with Crippen LogP contribution in [0.15, 0.2) is 0 Å². The van der Waals surface area contributed by atoms with E-state index in [9.17, 15) is 0 Å². The number of aromatic nitrogens is 1. The lowest BCUT2D eigenvalue weighted by Crippen LogP contribution is -2.32. The molecule has 1 aliphatic carbocycles. The first-order chi connectivity index (χ1) is 8.55. The van der Waals surface area contributed by atoms with Crippen molar-refractivity contribution in [3.8, 4) is 0 Å². The van der Waals surface area contributed by atoms with Crippen LogP contribution in [0.5, 0.6) is 0 Å². The molecule has 4 heteroatoms. The van der Waals surface area contributed by atoms with Gasteiger partial charge in [-0.3, -0.25) is 0 Å². The molecule has 1 atom stereocenters. The largest absolute Gasteiger partial charge is 0.309 e. The lowest BCUT2D eigenvalue weighted by molar-refractivity contribution is 0.260. The molecule has 0 fully saturated rings. The van der Waals surface area contributed by atoms with Crippen molar-refractivity contribution in [2.75, 3.05) is 12.3 Å². The van der Waals surface area contributed by atoms with Gasteiger partial charge in [-0.25, -0.2) is 4.98 Å². The summed E-state index contributed by atoms with van der Waals surface area (Å²) in [6.07, 6.45) is 2.37. The summed E-state index contributed by atoms with van der Waals surface area (Å²) in [5, 5.41) is 4.94. The van der Waals surface area contributed by atoms with Crippen LogP contribution >= 0.6 is 23.1 Å². The fraction of sp³-hybridized carbons (Fsp3) is 0.786. The second-order valence-corrected chi connectivity index (χ2v) is 8.10. The summed E-state index contributed by atoms with van der Waals surface area (Å²) in [7, 11) is 0. The van der Waals surface area contributed by atoms with Crippen LogP contribution in [0.25, 0.3) is 0 Å². The molecular formula is C14H24N2S2. The van der Waals surface area contributed by atoms with E-state index >= 15 is 0 Å². The molecule has 1 N–H and O–H groups in total. The third kappa shape index (κ3) is 3.28. The Labute approximate surface area is 119 Å². The predicted molar refractivity (Wildman–Crippen MR) is 82.5 cm³/mol. The van der Waals surface area contributed by atoms with E-state index in [4.69, 9.17) is 4.98 Å². The molecule has 2 rings (SSSR count). The van der Waals surface area contributed by atoms with Gasteiger partial charge in [0.25, 0.3) is 0 Å². The van der Waals surface area contributed by atoms with E-state index in [1.807, 2.05) is 23.1 Å². The first-order valence-corrected chi connectivity index (χ1v) is 8.82. The summed E-state index contributed by atoms with van der Waals surface area (Å²) in [6, 6.07) is 0.520. The van der Waals surface area contributed by atoms with Crippen molar-refractivity contribution in [3.63, 3.8) is 0 Å². The van der Waals surface area contributed by atoms with E-state index < -0.39 is 0 Å². The molecule has 2 nitrogen and oxygen atoms in total. The maximum absolute atomic E-state index is 4.87. The van der Waals surface area contributed by atoms with Gasteiger partial charge in [-0.1, -0.05) is 27.7 Å². The molecule has 1 aliphatic rings. The smallest absolute Gasteiger partial charge is 0.103 e. The second kappa shape index (κ2) is 5.93. The molecule has 1 aromatic rings. The fourth-order valence-electron chi connectivity index (χ4n) is 2.65. The molecule has 0 spiro atoms. The Bertz CT molecular complexity index is 398. The standard InChI is InChI=1S/C14H24N2S2/c1-5-15-10-7-14(3,4)8-11-13(10)18-12(16-11)9-17-6-2/h10,15H,5-9H2,1-4H3. The van der Waals surface area contributed by atoms with Gasteiger partial charge in [0.15, 0.2) is 0 Å². The van der Waals surface area contributed by atoms with E-state index in [1.54, 1.807) is 0 Å². The highest BCUT2D eigenvalue weighted by atomic mass is 32.2. The average Bonchev–Trinajstić information content (AvgIpc) is 2.68. The van der Waals surface area contributed by atoms with Crippen LogP contribution in [0.4, 0.5) is 0 Å².